The van der Waals surface area contributed by atoms with Crippen molar-refractivity contribution < 1.29 is 9.53 Å². The maximum absolute atomic E-state index is 13.1. The molecule has 0 N–H and O–H groups in total. The quantitative estimate of drug-likeness (QED) is 0.0488. The Morgan fingerprint density at radius 2 is 0.543 bits per heavy atom. The lowest BCUT2D eigenvalue weighted by Gasteiger charge is -2.16. The van der Waals surface area contributed by atoms with Gasteiger partial charge in [-0.05, 0) is 19.3 Å². The molecule has 0 rings (SSSR count). The molecule has 2 nitrogen and oxygen atoms in total. The highest BCUT2D eigenvalue weighted by Gasteiger charge is 2.19. The molecule has 0 aromatic carbocycles. The van der Waals surface area contributed by atoms with Crippen LogP contribution in [0.25, 0.3) is 0 Å². The molecule has 0 aliphatic rings. The fourth-order valence-corrected chi connectivity index (χ4v) is 7.08. The highest BCUT2D eigenvalue weighted by Crippen LogP contribution is 2.22. The molecule has 1 unspecified atom stereocenters. The van der Waals surface area contributed by atoms with Crippen LogP contribution in [0.1, 0.15) is 265 Å². The van der Waals surface area contributed by atoms with Crippen molar-refractivity contribution in [2.45, 2.75) is 265 Å². The van der Waals surface area contributed by atoms with E-state index in [4.69, 9.17) is 4.74 Å². The number of ether oxygens (including phenoxy) is 1. The summed E-state index contributed by atoms with van der Waals surface area (Å²) in [5.41, 5.74) is 0. The molecular weight excluding hydrogens is 560 g/mol. The van der Waals surface area contributed by atoms with Crippen LogP contribution in [0.4, 0.5) is 0 Å². The highest BCUT2D eigenvalue weighted by molar-refractivity contribution is 5.72. The summed E-state index contributed by atoms with van der Waals surface area (Å²) in [7, 11) is 0. The fourth-order valence-electron chi connectivity index (χ4n) is 7.08. The summed E-state index contributed by atoms with van der Waals surface area (Å²) in [6, 6.07) is 0. The van der Waals surface area contributed by atoms with Crippen LogP contribution in [0.5, 0.6) is 0 Å². The summed E-state index contributed by atoms with van der Waals surface area (Å²) in [6.45, 7) is 7.53. The Morgan fingerprint density at radius 3 is 0.804 bits per heavy atom. The fraction of sp³-hybridized carbons (Fsp3) is 0.977. The number of hydrogen-bond donors (Lipinski definition) is 0. The van der Waals surface area contributed by atoms with Gasteiger partial charge in [-0.1, -0.05) is 245 Å². The van der Waals surface area contributed by atoms with Crippen molar-refractivity contribution in [1.29, 1.82) is 0 Å². The zero-order valence-corrected chi connectivity index (χ0v) is 32.5. The van der Waals surface area contributed by atoms with Gasteiger partial charge in [0.15, 0.2) is 0 Å². The Kier molecular flexibility index (Phi) is 40.2. The van der Waals surface area contributed by atoms with Crippen molar-refractivity contribution in [3.8, 4) is 0 Å². The maximum Gasteiger partial charge on any atom is 0.308 e. The molecule has 0 bridgehead atoms. The summed E-state index contributed by atoms with van der Waals surface area (Å²) in [4.78, 5) is 13.1. The number of esters is 1. The molecule has 0 saturated carbocycles. The lowest BCUT2D eigenvalue weighted by Crippen LogP contribution is -2.18. The van der Waals surface area contributed by atoms with E-state index in [0.717, 1.165) is 19.3 Å². The first-order valence-electron chi connectivity index (χ1n) is 21.9. The van der Waals surface area contributed by atoms with Gasteiger partial charge in [0.05, 0.1) is 12.5 Å². The van der Waals surface area contributed by atoms with Crippen LogP contribution in [0, 0.1) is 5.92 Å². The van der Waals surface area contributed by atoms with Gasteiger partial charge >= 0.3 is 5.97 Å². The summed E-state index contributed by atoms with van der Waals surface area (Å²) in [5.74, 6) is 0.261. The lowest BCUT2D eigenvalue weighted by atomic mass is 9.94. The van der Waals surface area contributed by atoms with E-state index in [0.29, 0.717) is 6.61 Å². The summed E-state index contributed by atoms with van der Waals surface area (Å²) in [5, 5.41) is 0. The Morgan fingerprint density at radius 1 is 0.326 bits per heavy atom. The van der Waals surface area contributed by atoms with Crippen molar-refractivity contribution in [2.75, 3.05) is 6.61 Å². The zero-order chi connectivity index (χ0) is 33.4. The summed E-state index contributed by atoms with van der Waals surface area (Å²) in [6.07, 6.45) is 51.3. The standard InChI is InChI=1S/C44H88O2/c1-4-7-10-13-16-19-22-24-25-26-29-32-35-38-41-43(40-37-34-31-28-21-18-15-12-9-6-3)44(45)46-42-39-36-33-30-27-23-20-17-14-11-8-5-2/h43H,4-42H2,1-3H3. The maximum atomic E-state index is 13.1. The van der Waals surface area contributed by atoms with E-state index in [-0.39, 0.29) is 11.9 Å². The third-order valence-corrected chi connectivity index (χ3v) is 10.4. The normalized spacial score (nSPS) is 12.2. The Bertz CT molecular complexity index is 558. The Hall–Kier alpha value is -0.530. The number of carbonyl (C=O) groups is 1. The van der Waals surface area contributed by atoms with E-state index in [1.54, 1.807) is 0 Å². The molecule has 276 valence electrons. The predicted octanol–water partition coefficient (Wildman–Crippen LogP) is 16.0. The van der Waals surface area contributed by atoms with Gasteiger partial charge in [-0.2, -0.15) is 0 Å². The molecular formula is C44H88O2. The topological polar surface area (TPSA) is 26.3 Å². The molecule has 0 amide bonds. The molecule has 0 aliphatic carbocycles. The van der Waals surface area contributed by atoms with Crippen molar-refractivity contribution in [3.63, 3.8) is 0 Å². The first kappa shape index (κ1) is 45.5. The van der Waals surface area contributed by atoms with Crippen LogP contribution in [0.2, 0.25) is 0 Å². The molecule has 0 spiro atoms. The monoisotopic (exact) mass is 649 g/mol. The Labute approximate surface area is 292 Å². The molecule has 0 aromatic rings. The van der Waals surface area contributed by atoms with E-state index in [2.05, 4.69) is 20.8 Å². The number of carbonyl (C=O) groups excluding carboxylic acids is 1. The van der Waals surface area contributed by atoms with Gasteiger partial charge in [0.2, 0.25) is 0 Å². The molecule has 0 heterocycles. The molecule has 2 heteroatoms. The van der Waals surface area contributed by atoms with Crippen molar-refractivity contribution in [2.24, 2.45) is 5.92 Å². The molecule has 0 saturated heterocycles. The van der Waals surface area contributed by atoms with Crippen molar-refractivity contribution >= 4 is 5.97 Å². The SMILES string of the molecule is CCCCCCCCCCCCCCCCC(CCCCCCCCCCCC)C(=O)OCCCCCCCCCCCCCC. The second kappa shape index (κ2) is 40.6. The van der Waals surface area contributed by atoms with Crippen LogP contribution >= 0.6 is 0 Å². The minimum absolute atomic E-state index is 0.119. The van der Waals surface area contributed by atoms with Crippen LogP contribution in [0.15, 0.2) is 0 Å². The summed E-state index contributed by atoms with van der Waals surface area (Å²) >= 11 is 0. The first-order valence-corrected chi connectivity index (χ1v) is 21.9. The largest absolute Gasteiger partial charge is 0.465 e. The van der Waals surface area contributed by atoms with Crippen LogP contribution in [-0.2, 0) is 9.53 Å². The summed E-state index contributed by atoms with van der Waals surface area (Å²) < 4.78 is 5.87. The van der Waals surface area contributed by atoms with Gasteiger partial charge < -0.3 is 4.74 Å². The highest BCUT2D eigenvalue weighted by atomic mass is 16.5. The van der Waals surface area contributed by atoms with Crippen LogP contribution < -0.4 is 0 Å². The third-order valence-electron chi connectivity index (χ3n) is 10.4. The van der Waals surface area contributed by atoms with E-state index in [1.165, 1.54) is 225 Å². The zero-order valence-electron chi connectivity index (χ0n) is 32.5. The van der Waals surface area contributed by atoms with E-state index >= 15 is 0 Å². The van der Waals surface area contributed by atoms with Crippen molar-refractivity contribution in [3.05, 3.63) is 0 Å². The van der Waals surface area contributed by atoms with Gasteiger partial charge in [0.25, 0.3) is 0 Å². The van der Waals surface area contributed by atoms with Gasteiger partial charge in [0.1, 0.15) is 0 Å². The van der Waals surface area contributed by atoms with Crippen LogP contribution in [-0.4, -0.2) is 12.6 Å². The molecule has 0 aliphatic heterocycles. The van der Waals surface area contributed by atoms with Gasteiger partial charge in [-0.15, -0.1) is 0 Å². The molecule has 46 heavy (non-hydrogen) atoms. The second-order valence-corrected chi connectivity index (χ2v) is 15.1. The van der Waals surface area contributed by atoms with E-state index < -0.39 is 0 Å². The molecule has 0 radical (unpaired) electrons. The molecule has 1 atom stereocenters. The number of hydrogen-bond acceptors (Lipinski definition) is 2. The predicted molar refractivity (Wildman–Crippen MR) is 207 cm³/mol. The first-order chi connectivity index (χ1) is 22.8. The smallest absolute Gasteiger partial charge is 0.308 e. The molecule has 0 aromatic heterocycles. The molecule has 0 fully saturated rings. The Balaban J connectivity index is 4.04. The lowest BCUT2D eigenvalue weighted by molar-refractivity contribution is -0.149. The second-order valence-electron chi connectivity index (χ2n) is 15.1. The number of unbranched alkanes of at least 4 members (excludes halogenated alkanes) is 33. The minimum Gasteiger partial charge on any atom is -0.465 e. The van der Waals surface area contributed by atoms with Gasteiger partial charge in [-0.25, -0.2) is 0 Å². The van der Waals surface area contributed by atoms with Crippen LogP contribution in [0.3, 0.4) is 0 Å². The number of rotatable bonds is 40. The van der Waals surface area contributed by atoms with E-state index in [9.17, 15) is 4.79 Å². The van der Waals surface area contributed by atoms with E-state index in [1.807, 2.05) is 0 Å². The van der Waals surface area contributed by atoms with Crippen molar-refractivity contribution in [1.82, 2.24) is 0 Å². The third kappa shape index (κ3) is 36.3. The van der Waals surface area contributed by atoms with Gasteiger partial charge in [0, 0.05) is 0 Å². The minimum atomic E-state index is 0.119. The average molecular weight is 649 g/mol. The van der Waals surface area contributed by atoms with Gasteiger partial charge in [-0.3, -0.25) is 4.79 Å². The average Bonchev–Trinajstić information content (AvgIpc) is 3.06.